The highest BCUT2D eigenvalue weighted by atomic mass is 79.9. The fraction of sp³-hybridized carbons (Fsp3) is 0.333. The average Bonchev–Trinajstić information content (AvgIpc) is 2.16. The summed E-state index contributed by atoms with van der Waals surface area (Å²) < 4.78 is 25.2. The minimum absolute atomic E-state index is 0.128. The number of carboxylic acids is 1. The largest absolute Gasteiger partial charge is 0.481 e. The van der Waals surface area contributed by atoms with Crippen LogP contribution in [0.4, 0.5) is 8.78 Å². The van der Waals surface area contributed by atoms with E-state index in [2.05, 4.69) is 36.8 Å². The number of hydrogen-bond acceptors (Lipinski definition) is 2. The monoisotopic (exact) mass is 357 g/mol. The number of aliphatic carboxylic acids is 1. The van der Waals surface area contributed by atoms with E-state index in [-0.39, 0.29) is 21.9 Å². The lowest BCUT2D eigenvalue weighted by Crippen LogP contribution is -2.07. The van der Waals surface area contributed by atoms with E-state index in [1.54, 1.807) is 0 Å². The predicted molar refractivity (Wildman–Crippen MR) is 60.9 cm³/mol. The molecule has 0 bridgehead atoms. The van der Waals surface area contributed by atoms with Crippen LogP contribution in [0.2, 0.25) is 0 Å². The number of halogens is 4. The smallest absolute Gasteiger partial charge is 0.307 e. The Labute approximate surface area is 107 Å². The summed E-state index contributed by atoms with van der Waals surface area (Å²) in [5, 5.41) is 8.89. The molecule has 0 aliphatic carbocycles. The number of alkyl halides is 3. The molecule has 0 amide bonds. The standard InChI is InChI=1S/C9H7Br2F2NO2/c10-3-6-4(2-7(15)16)1-5(11)8(14-6)9(12)13/h1,9H,2-3H2,(H,15,16). The van der Waals surface area contributed by atoms with Crippen LogP contribution in [-0.4, -0.2) is 16.1 Å². The maximum Gasteiger partial charge on any atom is 0.307 e. The molecule has 7 heteroatoms. The van der Waals surface area contributed by atoms with Gasteiger partial charge < -0.3 is 5.11 Å². The van der Waals surface area contributed by atoms with E-state index in [0.29, 0.717) is 11.3 Å². The van der Waals surface area contributed by atoms with E-state index in [9.17, 15) is 13.6 Å². The minimum Gasteiger partial charge on any atom is -0.481 e. The van der Waals surface area contributed by atoms with Crippen molar-refractivity contribution < 1.29 is 18.7 Å². The molecule has 0 saturated carbocycles. The van der Waals surface area contributed by atoms with Gasteiger partial charge in [0.2, 0.25) is 0 Å². The van der Waals surface area contributed by atoms with E-state index in [1.165, 1.54) is 6.07 Å². The number of carbonyl (C=O) groups is 1. The maximum absolute atomic E-state index is 12.5. The Morgan fingerprint density at radius 2 is 2.19 bits per heavy atom. The normalized spacial score (nSPS) is 10.8. The molecule has 0 aromatic carbocycles. The van der Waals surface area contributed by atoms with Crippen LogP contribution in [-0.2, 0) is 16.5 Å². The second-order valence-electron chi connectivity index (χ2n) is 2.97. The summed E-state index contributed by atoms with van der Waals surface area (Å²) in [4.78, 5) is 14.3. The van der Waals surface area contributed by atoms with Crippen LogP contribution in [0.5, 0.6) is 0 Å². The van der Waals surface area contributed by atoms with Crippen LogP contribution < -0.4 is 0 Å². The minimum atomic E-state index is -2.69. The van der Waals surface area contributed by atoms with Gasteiger partial charge in [0.15, 0.2) is 0 Å². The Morgan fingerprint density at radius 1 is 1.56 bits per heavy atom. The number of nitrogens with zero attached hydrogens (tertiary/aromatic N) is 1. The summed E-state index contributed by atoms with van der Waals surface area (Å²) >= 11 is 6.04. The SMILES string of the molecule is O=C(O)Cc1cc(Br)c(C(F)F)nc1CBr. The summed E-state index contributed by atoms with van der Waals surface area (Å²) in [7, 11) is 0. The third-order valence-electron chi connectivity index (χ3n) is 1.85. The quantitative estimate of drug-likeness (QED) is 0.840. The lowest BCUT2D eigenvalue weighted by atomic mass is 10.1. The fourth-order valence-corrected chi connectivity index (χ4v) is 2.19. The topological polar surface area (TPSA) is 50.2 Å². The van der Waals surface area contributed by atoms with Crippen LogP contribution in [0.3, 0.4) is 0 Å². The first-order valence-electron chi connectivity index (χ1n) is 4.19. The molecule has 1 heterocycles. The molecule has 0 atom stereocenters. The Hall–Kier alpha value is -0.560. The first kappa shape index (κ1) is 13.5. The van der Waals surface area contributed by atoms with Gasteiger partial charge >= 0.3 is 5.97 Å². The van der Waals surface area contributed by atoms with E-state index >= 15 is 0 Å². The molecule has 16 heavy (non-hydrogen) atoms. The van der Waals surface area contributed by atoms with Crippen LogP contribution in [0.15, 0.2) is 10.5 Å². The summed E-state index contributed by atoms with van der Waals surface area (Å²) in [6.45, 7) is 0. The van der Waals surface area contributed by atoms with Gasteiger partial charge in [-0.3, -0.25) is 4.79 Å². The molecule has 88 valence electrons. The fourth-order valence-electron chi connectivity index (χ4n) is 1.17. The summed E-state index contributed by atoms with van der Waals surface area (Å²) in [5.41, 5.74) is 0.366. The first-order valence-corrected chi connectivity index (χ1v) is 6.11. The summed E-state index contributed by atoms with van der Waals surface area (Å²) in [5.74, 6) is -1.03. The number of pyridine rings is 1. The van der Waals surface area contributed by atoms with Crippen LogP contribution in [0, 0.1) is 0 Å². The summed E-state index contributed by atoms with van der Waals surface area (Å²) in [6.07, 6.45) is -2.93. The second kappa shape index (κ2) is 5.67. The lowest BCUT2D eigenvalue weighted by molar-refractivity contribution is -0.136. The molecule has 0 saturated heterocycles. The molecule has 0 aliphatic rings. The molecular formula is C9H7Br2F2NO2. The van der Waals surface area contributed by atoms with E-state index < -0.39 is 12.4 Å². The van der Waals surface area contributed by atoms with Crippen molar-refractivity contribution in [2.24, 2.45) is 0 Å². The van der Waals surface area contributed by atoms with Crippen molar-refractivity contribution in [2.45, 2.75) is 18.2 Å². The van der Waals surface area contributed by atoms with Gasteiger partial charge in [0.25, 0.3) is 6.43 Å². The third kappa shape index (κ3) is 3.21. The van der Waals surface area contributed by atoms with Crippen molar-refractivity contribution in [3.8, 4) is 0 Å². The van der Waals surface area contributed by atoms with Gasteiger partial charge in [0.05, 0.1) is 12.1 Å². The predicted octanol–water partition coefficient (Wildman–Crippen LogP) is 3.30. The van der Waals surface area contributed by atoms with Gasteiger partial charge in [-0.2, -0.15) is 0 Å². The van der Waals surface area contributed by atoms with E-state index in [0.717, 1.165) is 0 Å². The van der Waals surface area contributed by atoms with Crippen LogP contribution >= 0.6 is 31.9 Å². The molecule has 0 aliphatic heterocycles. The van der Waals surface area contributed by atoms with Crippen molar-refractivity contribution >= 4 is 37.8 Å². The maximum atomic E-state index is 12.5. The van der Waals surface area contributed by atoms with Gasteiger partial charge in [0.1, 0.15) is 5.69 Å². The van der Waals surface area contributed by atoms with Gasteiger partial charge in [-0.05, 0) is 27.6 Å². The zero-order valence-corrected chi connectivity index (χ0v) is 11.1. The Kier molecular flexibility index (Phi) is 4.79. The molecule has 1 N–H and O–H groups in total. The van der Waals surface area contributed by atoms with Gasteiger partial charge in [0, 0.05) is 9.80 Å². The van der Waals surface area contributed by atoms with Crippen molar-refractivity contribution in [3.63, 3.8) is 0 Å². The average molecular weight is 359 g/mol. The van der Waals surface area contributed by atoms with Gasteiger partial charge in [-0.25, -0.2) is 13.8 Å². The Bertz CT molecular complexity index is 413. The van der Waals surface area contributed by atoms with Crippen molar-refractivity contribution in [3.05, 3.63) is 27.5 Å². The van der Waals surface area contributed by atoms with E-state index in [4.69, 9.17) is 5.11 Å². The highest BCUT2D eigenvalue weighted by Crippen LogP contribution is 2.28. The molecular weight excluding hydrogens is 352 g/mol. The van der Waals surface area contributed by atoms with Crippen molar-refractivity contribution in [2.75, 3.05) is 0 Å². The van der Waals surface area contributed by atoms with Gasteiger partial charge in [-0.1, -0.05) is 15.9 Å². The van der Waals surface area contributed by atoms with Crippen molar-refractivity contribution in [1.29, 1.82) is 0 Å². The number of carboxylic acid groups (broad SMARTS) is 1. The van der Waals surface area contributed by atoms with Crippen molar-refractivity contribution in [1.82, 2.24) is 4.98 Å². The van der Waals surface area contributed by atoms with Crippen LogP contribution in [0.1, 0.15) is 23.4 Å². The van der Waals surface area contributed by atoms with Crippen LogP contribution in [0.25, 0.3) is 0 Å². The molecule has 0 radical (unpaired) electrons. The first-order chi connectivity index (χ1) is 7.45. The molecule has 0 fully saturated rings. The third-order valence-corrected chi connectivity index (χ3v) is 3.01. The molecule has 0 unspecified atom stereocenters. The highest BCUT2D eigenvalue weighted by molar-refractivity contribution is 9.10. The highest BCUT2D eigenvalue weighted by Gasteiger charge is 2.18. The number of aromatic nitrogens is 1. The molecule has 3 nitrogen and oxygen atoms in total. The molecule has 0 spiro atoms. The van der Waals surface area contributed by atoms with E-state index in [1.807, 2.05) is 0 Å². The molecule has 1 rings (SSSR count). The Balaban J connectivity index is 3.20. The zero-order chi connectivity index (χ0) is 12.3. The van der Waals surface area contributed by atoms with Gasteiger partial charge in [-0.15, -0.1) is 0 Å². The number of hydrogen-bond donors (Lipinski definition) is 1. The molecule has 1 aromatic rings. The molecule has 1 aromatic heterocycles. The Morgan fingerprint density at radius 3 is 2.62 bits per heavy atom. The lowest BCUT2D eigenvalue weighted by Gasteiger charge is -2.09. The zero-order valence-electron chi connectivity index (χ0n) is 7.88. The number of rotatable bonds is 4. The second-order valence-corrected chi connectivity index (χ2v) is 4.38. The summed E-state index contributed by atoms with van der Waals surface area (Å²) in [6, 6.07) is 1.37.